The molecule has 2 rings (SSSR count). The van der Waals surface area contributed by atoms with Gasteiger partial charge in [0.1, 0.15) is 11.0 Å². The minimum atomic E-state index is 0.558. The van der Waals surface area contributed by atoms with Crippen molar-refractivity contribution in [2.75, 3.05) is 5.32 Å². The highest BCUT2D eigenvalue weighted by molar-refractivity contribution is 6.29. The molecule has 1 aromatic rings. The smallest absolute Gasteiger partial charge is 0.131 e. The number of nitrogens with one attached hydrogen (secondary N) is 1. The van der Waals surface area contributed by atoms with Crippen molar-refractivity contribution in [1.29, 1.82) is 0 Å². The van der Waals surface area contributed by atoms with Crippen molar-refractivity contribution in [3.8, 4) is 0 Å². The van der Waals surface area contributed by atoms with E-state index >= 15 is 0 Å². The molecule has 0 amide bonds. The lowest BCUT2D eigenvalue weighted by Gasteiger charge is -2.04. The molecule has 0 spiro atoms. The van der Waals surface area contributed by atoms with Gasteiger partial charge in [0.25, 0.3) is 0 Å². The minimum absolute atomic E-state index is 0.558. The van der Waals surface area contributed by atoms with Crippen LogP contribution in [0.25, 0.3) is 0 Å². The molecule has 0 bridgehead atoms. The lowest BCUT2D eigenvalue weighted by molar-refractivity contribution is 0.692. The maximum absolute atomic E-state index is 5.80. The van der Waals surface area contributed by atoms with E-state index in [0.717, 1.165) is 11.7 Å². The summed E-state index contributed by atoms with van der Waals surface area (Å²) < 4.78 is 0. The summed E-state index contributed by atoms with van der Waals surface area (Å²) in [6, 6.07) is 6.31. The zero-order valence-corrected chi connectivity index (χ0v) is 9.09. The van der Waals surface area contributed by atoms with Gasteiger partial charge < -0.3 is 5.32 Å². The molecule has 1 fully saturated rings. The first-order valence-corrected chi connectivity index (χ1v) is 5.56. The van der Waals surface area contributed by atoms with Crippen molar-refractivity contribution in [2.24, 2.45) is 5.92 Å². The zero-order valence-electron chi connectivity index (χ0n) is 8.33. The molecule has 1 aromatic heterocycles. The van der Waals surface area contributed by atoms with Gasteiger partial charge in [-0.3, -0.25) is 0 Å². The van der Waals surface area contributed by atoms with Crippen LogP contribution in [-0.2, 0) is 0 Å². The van der Waals surface area contributed by atoms with Gasteiger partial charge in [-0.15, -0.1) is 0 Å². The second-order valence-electron chi connectivity index (χ2n) is 3.88. The molecule has 1 aliphatic carbocycles. The van der Waals surface area contributed by atoms with Crippen LogP contribution in [0.5, 0.6) is 0 Å². The van der Waals surface area contributed by atoms with Crippen LogP contribution in [0.1, 0.15) is 26.2 Å². The van der Waals surface area contributed by atoms with E-state index in [1.165, 1.54) is 19.3 Å². The van der Waals surface area contributed by atoms with Crippen LogP contribution in [0.2, 0.25) is 5.15 Å². The molecule has 2 unspecified atom stereocenters. The van der Waals surface area contributed by atoms with E-state index in [-0.39, 0.29) is 0 Å². The number of aromatic nitrogens is 1. The van der Waals surface area contributed by atoms with Gasteiger partial charge in [-0.2, -0.15) is 0 Å². The third-order valence-corrected chi connectivity index (χ3v) is 2.84. The molecule has 2 atom stereocenters. The first-order chi connectivity index (χ1) is 6.79. The van der Waals surface area contributed by atoms with Crippen LogP contribution in [0.4, 0.5) is 5.82 Å². The van der Waals surface area contributed by atoms with Gasteiger partial charge in [-0.1, -0.05) is 31.0 Å². The zero-order chi connectivity index (χ0) is 9.97. The van der Waals surface area contributed by atoms with Crippen molar-refractivity contribution in [2.45, 2.75) is 32.2 Å². The molecule has 1 heterocycles. The SMILES string of the molecule is CCCC1CC1Nc1cccc(Cl)n1. The summed E-state index contributed by atoms with van der Waals surface area (Å²) in [7, 11) is 0. The Morgan fingerprint density at radius 3 is 3.14 bits per heavy atom. The van der Waals surface area contributed by atoms with Gasteiger partial charge in [-0.25, -0.2) is 4.98 Å². The van der Waals surface area contributed by atoms with E-state index in [9.17, 15) is 0 Å². The number of anilines is 1. The topological polar surface area (TPSA) is 24.9 Å². The Labute approximate surface area is 89.7 Å². The van der Waals surface area contributed by atoms with Crippen LogP contribution in [0.3, 0.4) is 0 Å². The summed E-state index contributed by atoms with van der Waals surface area (Å²) in [5.74, 6) is 1.75. The molecule has 0 aromatic carbocycles. The number of nitrogens with zero attached hydrogens (tertiary/aromatic N) is 1. The largest absolute Gasteiger partial charge is 0.367 e. The summed E-state index contributed by atoms with van der Waals surface area (Å²) in [6.07, 6.45) is 3.87. The molecule has 1 saturated carbocycles. The molecule has 1 aliphatic rings. The molecule has 14 heavy (non-hydrogen) atoms. The van der Waals surface area contributed by atoms with Crippen LogP contribution in [-0.4, -0.2) is 11.0 Å². The monoisotopic (exact) mass is 210 g/mol. The van der Waals surface area contributed by atoms with Gasteiger partial charge in [-0.05, 0) is 30.9 Å². The highest BCUT2D eigenvalue weighted by Gasteiger charge is 2.35. The van der Waals surface area contributed by atoms with E-state index in [4.69, 9.17) is 11.6 Å². The first kappa shape index (κ1) is 9.78. The van der Waals surface area contributed by atoms with Crippen LogP contribution < -0.4 is 5.32 Å². The highest BCUT2D eigenvalue weighted by Crippen LogP contribution is 2.36. The third kappa shape index (κ3) is 2.38. The Hall–Kier alpha value is -0.760. The van der Waals surface area contributed by atoms with Crippen molar-refractivity contribution in [3.05, 3.63) is 23.4 Å². The molecular weight excluding hydrogens is 196 g/mol. The fourth-order valence-electron chi connectivity index (χ4n) is 1.79. The molecular formula is C11H15ClN2. The van der Waals surface area contributed by atoms with Gasteiger partial charge in [0.2, 0.25) is 0 Å². The fraction of sp³-hybridized carbons (Fsp3) is 0.545. The van der Waals surface area contributed by atoms with Crippen LogP contribution in [0, 0.1) is 5.92 Å². The molecule has 2 nitrogen and oxygen atoms in total. The maximum atomic E-state index is 5.80. The summed E-state index contributed by atoms with van der Waals surface area (Å²) in [4.78, 5) is 4.20. The van der Waals surface area contributed by atoms with E-state index in [0.29, 0.717) is 11.2 Å². The quantitative estimate of drug-likeness (QED) is 0.772. The van der Waals surface area contributed by atoms with Crippen LogP contribution in [0.15, 0.2) is 18.2 Å². The average molecular weight is 211 g/mol. The van der Waals surface area contributed by atoms with Gasteiger partial charge in [0.05, 0.1) is 0 Å². The molecule has 0 saturated heterocycles. The summed E-state index contributed by atoms with van der Waals surface area (Å²) in [5.41, 5.74) is 0. The first-order valence-electron chi connectivity index (χ1n) is 5.18. The lowest BCUT2D eigenvalue weighted by atomic mass is 10.2. The van der Waals surface area contributed by atoms with E-state index in [2.05, 4.69) is 17.2 Å². The molecule has 3 heteroatoms. The number of rotatable bonds is 4. The van der Waals surface area contributed by atoms with Crippen LogP contribution >= 0.6 is 11.6 Å². The second kappa shape index (κ2) is 4.18. The standard InChI is InChI=1S/C11H15ClN2/c1-2-4-8-7-9(8)13-11-6-3-5-10(12)14-11/h3,5-6,8-9H,2,4,7H2,1H3,(H,13,14). The molecule has 0 radical (unpaired) electrons. The average Bonchev–Trinajstić information content (AvgIpc) is 2.84. The number of hydrogen-bond donors (Lipinski definition) is 1. The predicted octanol–water partition coefficient (Wildman–Crippen LogP) is 3.34. The lowest BCUT2D eigenvalue weighted by Crippen LogP contribution is -2.05. The number of hydrogen-bond acceptors (Lipinski definition) is 2. The van der Waals surface area contributed by atoms with Crippen molar-refractivity contribution >= 4 is 17.4 Å². The normalized spacial score (nSPS) is 24.7. The Morgan fingerprint density at radius 1 is 1.57 bits per heavy atom. The Morgan fingerprint density at radius 2 is 2.43 bits per heavy atom. The summed E-state index contributed by atoms with van der Waals surface area (Å²) in [6.45, 7) is 2.23. The summed E-state index contributed by atoms with van der Waals surface area (Å²) in [5, 5.41) is 3.95. The van der Waals surface area contributed by atoms with Gasteiger partial charge in [0.15, 0.2) is 0 Å². The van der Waals surface area contributed by atoms with Crippen molar-refractivity contribution < 1.29 is 0 Å². The fourth-order valence-corrected chi connectivity index (χ4v) is 1.96. The van der Waals surface area contributed by atoms with Gasteiger partial charge in [0, 0.05) is 6.04 Å². The summed E-state index contributed by atoms with van der Waals surface area (Å²) >= 11 is 5.80. The van der Waals surface area contributed by atoms with E-state index in [1.54, 1.807) is 6.07 Å². The van der Waals surface area contributed by atoms with Crippen molar-refractivity contribution in [3.63, 3.8) is 0 Å². The number of halogens is 1. The van der Waals surface area contributed by atoms with E-state index < -0.39 is 0 Å². The Balaban J connectivity index is 1.87. The van der Waals surface area contributed by atoms with Crippen molar-refractivity contribution in [1.82, 2.24) is 4.98 Å². The second-order valence-corrected chi connectivity index (χ2v) is 4.27. The third-order valence-electron chi connectivity index (χ3n) is 2.63. The number of pyridine rings is 1. The molecule has 1 N–H and O–H groups in total. The Bertz CT molecular complexity index is 314. The highest BCUT2D eigenvalue weighted by atomic mass is 35.5. The Kier molecular flexibility index (Phi) is 2.92. The predicted molar refractivity (Wildman–Crippen MR) is 59.7 cm³/mol. The van der Waals surface area contributed by atoms with Gasteiger partial charge >= 0.3 is 0 Å². The van der Waals surface area contributed by atoms with E-state index in [1.807, 2.05) is 12.1 Å². The maximum Gasteiger partial charge on any atom is 0.131 e. The minimum Gasteiger partial charge on any atom is -0.367 e. The molecule has 0 aliphatic heterocycles. The molecule has 76 valence electrons.